The molecule has 0 atom stereocenters. The highest BCUT2D eigenvalue weighted by Gasteiger charge is 2.24. The number of piperazine rings is 1. The first-order valence-electron chi connectivity index (χ1n) is 10.7. The van der Waals surface area contributed by atoms with Gasteiger partial charge in [-0.15, -0.1) is 0 Å². The van der Waals surface area contributed by atoms with Crippen molar-refractivity contribution in [3.8, 4) is 17.2 Å². The maximum atomic E-state index is 12.7. The highest BCUT2D eigenvalue weighted by Crippen LogP contribution is 2.28. The highest BCUT2D eigenvalue weighted by molar-refractivity contribution is 5.76. The Morgan fingerprint density at radius 3 is 2.57 bits per heavy atom. The van der Waals surface area contributed by atoms with Crippen LogP contribution in [0.3, 0.4) is 0 Å². The summed E-state index contributed by atoms with van der Waals surface area (Å²) in [5.74, 6) is 2.69. The molecule has 2 aromatic carbocycles. The zero-order chi connectivity index (χ0) is 20.9. The van der Waals surface area contributed by atoms with Crippen LogP contribution in [-0.4, -0.2) is 57.8 Å². The summed E-state index contributed by atoms with van der Waals surface area (Å²) in [6.45, 7) is 5.46. The van der Waals surface area contributed by atoms with Gasteiger partial charge in [0.15, 0.2) is 11.5 Å². The largest absolute Gasteiger partial charge is 0.493 e. The third-order valence-electron chi connectivity index (χ3n) is 6.11. The molecule has 6 nitrogen and oxygen atoms in total. The number of aryl methyl sites for hydroxylation is 1. The lowest BCUT2D eigenvalue weighted by molar-refractivity contribution is -0.917. The Balaban J connectivity index is 1.24. The van der Waals surface area contributed by atoms with Crippen LogP contribution in [-0.2, 0) is 24.2 Å². The second-order valence-electron chi connectivity index (χ2n) is 8.04. The minimum Gasteiger partial charge on any atom is -0.493 e. The average molecular weight is 412 g/mol. The van der Waals surface area contributed by atoms with Crippen LogP contribution in [0.5, 0.6) is 17.2 Å². The Labute approximate surface area is 178 Å². The number of carbonyl (C=O) groups excluding carboxylic acids is 1. The number of methoxy groups -OCH3 is 2. The number of carbonyl (C=O) groups is 1. The topological polar surface area (TPSA) is 52.4 Å². The third kappa shape index (κ3) is 4.70. The lowest BCUT2D eigenvalue weighted by atomic mass is 10.1. The van der Waals surface area contributed by atoms with Crippen LogP contribution in [0.2, 0.25) is 0 Å². The Hall–Kier alpha value is -2.73. The number of benzene rings is 2. The van der Waals surface area contributed by atoms with Gasteiger partial charge in [0.05, 0.1) is 47.0 Å². The number of nitrogens with zero attached hydrogens (tertiary/aromatic N) is 1. The number of hydrogen-bond donors (Lipinski definition) is 1. The summed E-state index contributed by atoms with van der Waals surface area (Å²) >= 11 is 0. The molecule has 1 N–H and O–H groups in total. The molecule has 2 aliphatic rings. The summed E-state index contributed by atoms with van der Waals surface area (Å²) in [5, 5.41) is 0. The molecule has 0 saturated carbocycles. The van der Waals surface area contributed by atoms with Crippen molar-refractivity contribution in [3.05, 3.63) is 53.1 Å². The maximum absolute atomic E-state index is 12.7. The van der Waals surface area contributed by atoms with E-state index in [1.54, 1.807) is 14.2 Å². The minimum absolute atomic E-state index is 0.235. The molecule has 1 fully saturated rings. The van der Waals surface area contributed by atoms with Gasteiger partial charge in [0.1, 0.15) is 12.3 Å². The first-order chi connectivity index (χ1) is 14.7. The van der Waals surface area contributed by atoms with Crippen molar-refractivity contribution in [2.24, 2.45) is 0 Å². The fourth-order valence-corrected chi connectivity index (χ4v) is 4.33. The molecule has 0 unspecified atom stereocenters. The van der Waals surface area contributed by atoms with E-state index >= 15 is 0 Å². The van der Waals surface area contributed by atoms with E-state index in [0.29, 0.717) is 24.3 Å². The number of nitrogens with one attached hydrogen (secondary N) is 1. The summed E-state index contributed by atoms with van der Waals surface area (Å²) in [4.78, 5) is 16.2. The van der Waals surface area contributed by atoms with Gasteiger partial charge in [0.2, 0.25) is 5.91 Å². The molecule has 1 amide bonds. The minimum atomic E-state index is 0.235. The number of hydrogen-bond acceptors (Lipinski definition) is 4. The Morgan fingerprint density at radius 1 is 1.03 bits per heavy atom. The van der Waals surface area contributed by atoms with Gasteiger partial charge in [0.25, 0.3) is 0 Å². The highest BCUT2D eigenvalue weighted by atomic mass is 16.5. The normalized spacial score (nSPS) is 16.1. The Kier molecular flexibility index (Phi) is 6.43. The molecule has 1 saturated heterocycles. The second kappa shape index (κ2) is 9.39. The lowest BCUT2D eigenvalue weighted by Gasteiger charge is -2.32. The van der Waals surface area contributed by atoms with E-state index in [0.717, 1.165) is 57.1 Å². The monoisotopic (exact) mass is 411 g/mol. The van der Waals surface area contributed by atoms with E-state index in [2.05, 4.69) is 18.2 Å². The fourth-order valence-electron chi connectivity index (χ4n) is 4.33. The van der Waals surface area contributed by atoms with E-state index in [4.69, 9.17) is 14.2 Å². The van der Waals surface area contributed by atoms with Gasteiger partial charge >= 0.3 is 0 Å². The van der Waals surface area contributed by atoms with Crippen molar-refractivity contribution < 1.29 is 23.9 Å². The van der Waals surface area contributed by atoms with E-state index in [-0.39, 0.29) is 5.91 Å². The Morgan fingerprint density at radius 2 is 1.80 bits per heavy atom. The zero-order valence-electron chi connectivity index (χ0n) is 17.9. The molecule has 30 heavy (non-hydrogen) atoms. The van der Waals surface area contributed by atoms with Gasteiger partial charge in [-0.2, -0.15) is 0 Å². The van der Waals surface area contributed by atoms with Crippen molar-refractivity contribution in [1.82, 2.24) is 4.90 Å². The lowest BCUT2D eigenvalue weighted by Crippen LogP contribution is -3.13. The van der Waals surface area contributed by atoms with Crippen LogP contribution in [0.15, 0.2) is 36.4 Å². The van der Waals surface area contributed by atoms with Crippen LogP contribution in [0, 0.1) is 0 Å². The molecule has 0 aliphatic carbocycles. The number of amides is 1. The van der Waals surface area contributed by atoms with Gasteiger partial charge in [-0.3, -0.25) is 4.79 Å². The average Bonchev–Trinajstić information content (AvgIpc) is 3.25. The molecular formula is C24H31N2O4+. The summed E-state index contributed by atoms with van der Waals surface area (Å²) in [7, 11) is 3.26. The van der Waals surface area contributed by atoms with Crippen LogP contribution in [0.1, 0.15) is 23.1 Å². The number of ether oxygens (including phenoxy) is 3. The maximum Gasteiger partial charge on any atom is 0.223 e. The predicted molar refractivity (Wildman–Crippen MR) is 114 cm³/mol. The zero-order valence-corrected chi connectivity index (χ0v) is 17.9. The summed E-state index contributed by atoms with van der Waals surface area (Å²) in [5.41, 5.74) is 3.78. The van der Waals surface area contributed by atoms with Crippen molar-refractivity contribution in [2.75, 3.05) is 47.0 Å². The van der Waals surface area contributed by atoms with Crippen molar-refractivity contribution in [1.29, 1.82) is 0 Å². The van der Waals surface area contributed by atoms with Crippen molar-refractivity contribution in [3.63, 3.8) is 0 Å². The first kappa shape index (κ1) is 20.5. The van der Waals surface area contributed by atoms with Gasteiger partial charge < -0.3 is 24.0 Å². The van der Waals surface area contributed by atoms with Crippen molar-refractivity contribution in [2.45, 2.75) is 25.8 Å². The summed E-state index contributed by atoms with van der Waals surface area (Å²) in [6, 6.07) is 12.4. The predicted octanol–water partition coefficient (Wildman–Crippen LogP) is 1.50. The van der Waals surface area contributed by atoms with E-state index in [9.17, 15) is 4.79 Å². The van der Waals surface area contributed by atoms with Crippen LogP contribution < -0.4 is 19.1 Å². The molecule has 0 spiro atoms. The standard InChI is InChI=1S/C24H30N2O4/c1-28-22-7-3-18(16-23(22)29-2)5-8-24(27)26-12-10-25(11-13-26)17-19-4-6-21-20(15-19)9-14-30-21/h3-4,6-7,15-16H,5,8-14,17H2,1-2H3/p+1. The molecule has 0 aromatic heterocycles. The quantitative estimate of drug-likeness (QED) is 0.750. The van der Waals surface area contributed by atoms with Gasteiger partial charge in [-0.1, -0.05) is 6.07 Å². The van der Waals surface area contributed by atoms with Crippen molar-refractivity contribution >= 4 is 5.91 Å². The molecule has 4 rings (SSSR count). The van der Waals surface area contributed by atoms with Gasteiger partial charge in [-0.25, -0.2) is 0 Å². The van der Waals surface area contributed by atoms with E-state index in [1.807, 2.05) is 23.1 Å². The molecule has 6 heteroatoms. The van der Waals surface area contributed by atoms with E-state index in [1.165, 1.54) is 16.0 Å². The molecule has 2 aromatic rings. The first-order valence-corrected chi connectivity index (χ1v) is 10.7. The van der Waals surface area contributed by atoms with Crippen LogP contribution in [0.4, 0.5) is 0 Å². The second-order valence-corrected chi connectivity index (χ2v) is 8.04. The van der Waals surface area contributed by atoms with Gasteiger partial charge in [0, 0.05) is 18.4 Å². The molecule has 2 heterocycles. The Bertz CT molecular complexity index is 891. The number of rotatable bonds is 7. The molecule has 160 valence electrons. The molecular weight excluding hydrogens is 380 g/mol. The van der Waals surface area contributed by atoms with Crippen LogP contribution in [0.25, 0.3) is 0 Å². The molecule has 0 radical (unpaired) electrons. The van der Waals surface area contributed by atoms with Crippen LogP contribution >= 0.6 is 0 Å². The van der Waals surface area contributed by atoms with Gasteiger partial charge in [-0.05, 0) is 47.9 Å². The van der Waals surface area contributed by atoms with E-state index < -0.39 is 0 Å². The summed E-state index contributed by atoms with van der Waals surface area (Å²) in [6.07, 6.45) is 2.25. The smallest absolute Gasteiger partial charge is 0.223 e. The number of fused-ring (bicyclic) bond motifs is 1. The molecule has 2 aliphatic heterocycles. The SMILES string of the molecule is COc1ccc(CCC(=O)N2CC[NH+](Cc3ccc4c(c3)CCO4)CC2)cc1OC. The third-order valence-corrected chi connectivity index (χ3v) is 6.11. The fraction of sp³-hybridized carbons (Fsp3) is 0.458. The molecule has 0 bridgehead atoms. The number of quaternary nitrogens is 1. The summed E-state index contributed by atoms with van der Waals surface area (Å²) < 4.78 is 16.2.